The summed E-state index contributed by atoms with van der Waals surface area (Å²) in [5.41, 5.74) is 1.46. The molecule has 0 aliphatic carbocycles. The summed E-state index contributed by atoms with van der Waals surface area (Å²) in [4.78, 5) is 27.8. The maximum Gasteiger partial charge on any atom is 0.255 e. The Balaban J connectivity index is 1.70. The molecule has 30 heavy (non-hydrogen) atoms. The van der Waals surface area contributed by atoms with E-state index in [2.05, 4.69) is 23.8 Å². The van der Waals surface area contributed by atoms with Gasteiger partial charge in [-0.25, -0.2) is 19.3 Å². The molecule has 9 heteroatoms. The lowest BCUT2D eigenvalue weighted by atomic mass is 9.91. The van der Waals surface area contributed by atoms with Crippen molar-refractivity contribution in [1.82, 2.24) is 19.5 Å². The lowest BCUT2D eigenvalue weighted by Crippen LogP contribution is -2.48. The third kappa shape index (κ3) is 4.18. The van der Waals surface area contributed by atoms with E-state index in [-0.39, 0.29) is 16.0 Å². The summed E-state index contributed by atoms with van der Waals surface area (Å²) in [6.45, 7) is 5.97. The number of hydrogen-bond acceptors (Lipinski definition) is 5. The van der Waals surface area contributed by atoms with Gasteiger partial charge in [-0.15, -0.1) is 0 Å². The van der Waals surface area contributed by atoms with Crippen LogP contribution in [0.5, 0.6) is 0 Å². The van der Waals surface area contributed by atoms with Crippen LogP contribution in [0.1, 0.15) is 19.4 Å². The number of rotatable bonds is 4. The molecule has 1 aliphatic heterocycles. The van der Waals surface area contributed by atoms with Crippen molar-refractivity contribution in [3.05, 3.63) is 68.6 Å². The van der Waals surface area contributed by atoms with Gasteiger partial charge in [-0.3, -0.25) is 9.36 Å². The monoisotopic (exact) mass is 447 g/mol. The van der Waals surface area contributed by atoms with E-state index < -0.39 is 5.82 Å². The molecule has 0 radical (unpaired) electrons. The van der Waals surface area contributed by atoms with Crippen LogP contribution < -0.4 is 10.5 Å². The molecule has 0 fully saturated rings. The van der Waals surface area contributed by atoms with Crippen molar-refractivity contribution in [2.45, 2.75) is 26.8 Å². The highest BCUT2D eigenvalue weighted by Crippen LogP contribution is 2.31. The fourth-order valence-electron chi connectivity index (χ4n) is 3.71. The Morgan fingerprint density at radius 2 is 1.93 bits per heavy atom. The van der Waals surface area contributed by atoms with E-state index in [0.29, 0.717) is 54.0 Å². The molecule has 0 saturated heterocycles. The van der Waals surface area contributed by atoms with Gasteiger partial charge in [-0.05, 0) is 30.2 Å². The van der Waals surface area contributed by atoms with Gasteiger partial charge in [0.05, 0.1) is 16.4 Å². The molecule has 0 unspecified atom stereocenters. The van der Waals surface area contributed by atoms with Crippen molar-refractivity contribution in [1.29, 1.82) is 0 Å². The van der Waals surface area contributed by atoms with Crippen LogP contribution in [0.4, 0.5) is 10.3 Å². The minimum atomic E-state index is -0.504. The maximum atomic E-state index is 13.9. The minimum Gasteiger partial charge on any atom is -0.341 e. The van der Waals surface area contributed by atoms with Gasteiger partial charge in [-0.2, -0.15) is 0 Å². The second-order valence-corrected chi connectivity index (χ2v) is 8.97. The number of fused-ring (bicyclic) bond motifs is 1. The lowest BCUT2D eigenvalue weighted by Gasteiger charge is -2.40. The third-order valence-electron chi connectivity index (χ3n) is 5.06. The zero-order chi connectivity index (χ0) is 21.5. The molecule has 0 amide bonds. The molecule has 0 N–H and O–H groups in total. The molecule has 0 atom stereocenters. The summed E-state index contributed by atoms with van der Waals surface area (Å²) < 4.78 is 15.6. The number of hydrogen-bond donors (Lipinski definition) is 0. The Kier molecular flexibility index (Phi) is 5.51. The molecule has 0 spiro atoms. The van der Waals surface area contributed by atoms with Crippen LogP contribution in [0.25, 0.3) is 11.4 Å². The van der Waals surface area contributed by atoms with Crippen LogP contribution >= 0.6 is 23.2 Å². The van der Waals surface area contributed by atoms with Crippen LogP contribution in [-0.4, -0.2) is 32.6 Å². The quantitative estimate of drug-likeness (QED) is 0.559. The fraction of sp³-hybridized carbons (Fsp3) is 0.333. The van der Waals surface area contributed by atoms with E-state index >= 15 is 0 Å². The molecule has 1 aliphatic rings. The van der Waals surface area contributed by atoms with Gasteiger partial charge in [0.2, 0.25) is 5.95 Å². The van der Waals surface area contributed by atoms with Crippen molar-refractivity contribution in [2.75, 3.05) is 18.0 Å². The van der Waals surface area contributed by atoms with Gasteiger partial charge in [0.15, 0.2) is 0 Å². The van der Waals surface area contributed by atoms with Crippen molar-refractivity contribution in [2.24, 2.45) is 5.41 Å². The molecule has 2 aromatic heterocycles. The summed E-state index contributed by atoms with van der Waals surface area (Å²) in [5, 5.41) is 0.411. The SMILES string of the molecule is CC1(C)CN(CCc2cc(F)c(Cl)cc2Cl)c2nc(-c3ccncn3)cc(=O)n2C1. The fourth-order valence-corrected chi connectivity index (χ4v) is 4.19. The van der Waals surface area contributed by atoms with Gasteiger partial charge >= 0.3 is 0 Å². The molecule has 0 saturated carbocycles. The number of nitrogens with zero attached hydrogens (tertiary/aromatic N) is 5. The average Bonchev–Trinajstić information content (AvgIpc) is 2.70. The normalized spacial score (nSPS) is 15.2. The van der Waals surface area contributed by atoms with E-state index in [1.807, 2.05) is 4.90 Å². The van der Waals surface area contributed by atoms with E-state index in [1.165, 1.54) is 24.5 Å². The molecule has 0 bridgehead atoms. The smallest absolute Gasteiger partial charge is 0.255 e. The first-order valence-corrected chi connectivity index (χ1v) is 10.3. The molecular weight excluding hydrogens is 428 g/mol. The molecule has 4 rings (SSSR count). The van der Waals surface area contributed by atoms with Crippen molar-refractivity contribution >= 4 is 29.2 Å². The molecule has 1 aromatic carbocycles. The van der Waals surface area contributed by atoms with Gasteiger partial charge < -0.3 is 4.90 Å². The number of aromatic nitrogens is 4. The molecule has 3 heterocycles. The maximum absolute atomic E-state index is 13.9. The standard InChI is InChI=1S/C21H20Cl2FN5O/c1-21(2)10-28(6-4-13-7-16(24)15(23)8-14(13)22)20-27-18(9-19(30)29(20)11-21)17-3-5-25-12-26-17/h3,5,7-9,12H,4,6,10-11H2,1-2H3. The zero-order valence-corrected chi connectivity index (χ0v) is 18.1. The average molecular weight is 448 g/mol. The topological polar surface area (TPSA) is 63.9 Å². The Morgan fingerprint density at radius 1 is 1.13 bits per heavy atom. The predicted octanol–water partition coefficient (Wildman–Crippen LogP) is 4.24. The van der Waals surface area contributed by atoms with Gasteiger partial charge in [0, 0.05) is 42.3 Å². The highest BCUT2D eigenvalue weighted by Gasteiger charge is 2.32. The Labute approximate surface area is 183 Å². The van der Waals surface area contributed by atoms with Crippen LogP contribution in [0.2, 0.25) is 10.0 Å². The molecule has 6 nitrogen and oxygen atoms in total. The van der Waals surface area contributed by atoms with E-state index in [9.17, 15) is 9.18 Å². The number of anilines is 1. The van der Waals surface area contributed by atoms with Crippen molar-refractivity contribution in [3.63, 3.8) is 0 Å². The number of halogens is 3. The summed E-state index contributed by atoms with van der Waals surface area (Å²) in [5.74, 6) is 0.0665. The van der Waals surface area contributed by atoms with Crippen molar-refractivity contribution in [3.8, 4) is 11.4 Å². The zero-order valence-electron chi connectivity index (χ0n) is 16.6. The van der Waals surface area contributed by atoms with Gasteiger partial charge in [0.25, 0.3) is 5.56 Å². The second kappa shape index (κ2) is 7.96. The molecule has 3 aromatic rings. The first-order valence-electron chi connectivity index (χ1n) is 9.50. The number of benzene rings is 1. The van der Waals surface area contributed by atoms with Crippen LogP contribution in [0.3, 0.4) is 0 Å². The van der Waals surface area contributed by atoms with Gasteiger partial charge in [0.1, 0.15) is 12.1 Å². The Morgan fingerprint density at radius 3 is 2.67 bits per heavy atom. The van der Waals surface area contributed by atoms with Crippen LogP contribution in [0.15, 0.2) is 41.6 Å². The predicted molar refractivity (Wildman–Crippen MR) is 116 cm³/mol. The van der Waals surface area contributed by atoms with Crippen LogP contribution in [0, 0.1) is 11.2 Å². The first-order chi connectivity index (χ1) is 14.2. The highest BCUT2D eigenvalue weighted by atomic mass is 35.5. The summed E-state index contributed by atoms with van der Waals surface area (Å²) in [6.07, 6.45) is 3.52. The molecular formula is C21H20Cl2FN5O. The first kappa shape index (κ1) is 20.8. The largest absolute Gasteiger partial charge is 0.341 e. The van der Waals surface area contributed by atoms with E-state index in [1.54, 1.807) is 16.8 Å². The third-order valence-corrected chi connectivity index (χ3v) is 5.70. The lowest BCUT2D eigenvalue weighted by molar-refractivity contribution is 0.274. The minimum absolute atomic E-state index is 0.00378. The highest BCUT2D eigenvalue weighted by molar-refractivity contribution is 6.35. The van der Waals surface area contributed by atoms with Crippen molar-refractivity contribution < 1.29 is 4.39 Å². The summed E-state index contributed by atoms with van der Waals surface area (Å²) in [6, 6.07) is 5.98. The van der Waals surface area contributed by atoms with E-state index in [0.717, 1.165) is 0 Å². The Hall–Kier alpha value is -2.51. The van der Waals surface area contributed by atoms with E-state index in [4.69, 9.17) is 28.2 Å². The van der Waals surface area contributed by atoms with Gasteiger partial charge in [-0.1, -0.05) is 37.0 Å². The summed E-state index contributed by atoms with van der Waals surface area (Å²) >= 11 is 12.1. The second-order valence-electron chi connectivity index (χ2n) is 8.15. The Bertz CT molecular complexity index is 1150. The molecule has 156 valence electrons. The summed E-state index contributed by atoms with van der Waals surface area (Å²) in [7, 11) is 0. The van der Waals surface area contributed by atoms with Crippen LogP contribution in [-0.2, 0) is 13.0 Å².